The number of aromatic nitrogens is 4. The number of rotatable bonds is 4. The molecule has 0 bridgehead atoms. The van der Waals surface area contributed by atoms with Crippen molar-refractivity contribution in [3.63, 3.8) is 0 Å². The van der Waals surface area contributed by atoms with E-state index in [9.17, 15) is 0 Å². The maximum absolute atomic E-state index is 6.40. The fraction of sp³-hybridized carbons (Fsp3) is 0.0625. The molecule has 2 heterocycles. The van der Waals surface area contributed by atoms with Gasteiger partial charge in [-0.3, -0.25) is 4.98 Å². The van der Waals surface area contributed by atoms with Gasteiger partial charge < -0.3 is 5.73 Å². The van der Waals surface area contributed by atoms with Crippen LogP contribution < -0.4 is 5.73 Å². The van der Waals surface area contributed by atoms with Crippen molar-refractivity contribution in [3.8, 4) is 5.69 Å². The van der Waals surface area contributed by atoms with Crippen LogP contribution in [0.15, 0.2) is 59.1 Å². The average Bonchev–Trinajstić information content (AvgIpc) is 2.91. The summed E-state index contributed by atoms with van der Waals surface area (Å²) in [6.07, 6.45) is 6.13. The van der Waals surface area contributed by atoms with E-state index in [4.69, 9.17) is 17.3 Å². The van der Waals surface area contributed by atoms with Crippen molar-refractivity contribution in [2.75, 3.05) is 0 Å². The molecule has 0 aliphatic heterocycles. The Bertz CT molecular complexity index is 886. The van der Waals surface area contributed by atoms with E-state index in [1.54, 1.807) is 10.9 Å². The number of hydrogen-bond acceptors (Lipinski definition) is 5. The first-order valence-electron chi connectivity index (χ1n) is 7.10. The summed E-state index contributed by atoms with van der Waals surface area (Å²) < 4.78 is 1.65. The standard InChI is InChI=1S/C16H14ClN7/c1-11-13(9-21-22-16(18)14-10-19-7-8-20-14)15(17)24(23-11)12-5-3-2-4-6-12/h2-10H,1H3,(H2,18,22). The largest absolute Gasteiger partial charge is 0.380 e. The van der Waals surface area contributed by atoms with Crippen LogP contribution in [0.3, 0.4) is 0 Å². The van der Waals surface area contributed by atoms with Gasteiger partial charge in [-0.25, -0.2) is 9.67 Å². The number of aryl methyl sites for hydroxylation is 1. The van der Waals surface area contributed by atoms with E-state index in [1.165, 1.54) is 18.6 Å². The quantitative estimate of drug-likeness (QED) is 0.448. The van der Waals surface area contributed by atoms with Crippen molar-refractivity contribution >= 4 is 23.7 Å². The van der Waals surface area contributed by atoms with Crippen molar-refractivity contribution in [2.24, 2.45) is 15.9 Å². The monoisotopic (exact) mass is 339 g/mol. The van der Waals surface area contributed by atoms with Gasteiger partial charge in [0.15, 0.2) is 5.84 Å². The molecular weight excluding hydrogens is 326 g/mol. The second-order valence-corrected chi connectivity index (χ2v) is 5.22. The zero-order chi connectivity index (χ0) is 16.9. The van der Waals surface area contributed by atoms with Crippen LogP contribution in [0.2, 0.25) is 5.15 Å². The van der Waals surface area contributed by atoms with Crippen LogP contribution in [-0.4, -0.2) is 31.8 Å². The molecule has 0 radical (unpaired) electrons. The lowest BCUT2D eigenvalue weighted by molar-refractivity contribution is 0.863. The molecule has 7 nitrogen and oxygen atoms in total. The molecule has 120 valence electrons. The molecule has 0 unspecified atom stereocenters. The van der Waals surface area contributed by atoms with E-state index in [0.29, 0.717) is 16.4 Å². The molecule has 2 aromatic heterocycles. The number of para-hydroxylation sites is 1. The first-order valence-corrected chi connectivity index (χ1v) is 7.48. The van der Waals surface area contributed by atoms with Gasteiger partial charge in [-0.1, -0.05) is 29.8 Å². The molecular formula is C16H14ClN7. The van der Waals surface area contributed by atoms with Crippen LogP contribution >= 0.6 is 11.6 Å². The molecule has 0 saturated heterocycles. The lowest BCUT2D eigenvalue weighted by Crippen LogP contribution is -2.14. The second-order valence-electron chi connectivity index (χ2n) is 4.86. The Morgan fingerprint density at radius 2 is 2.04 bits per heavy atom. The molecule has 1 aromatic carbocycles. The average molecular weight is 340 g/mol. The summed E-state index contributed by atoms with van der Waals surface area (Å²) in [5.41, 5.74) is 8.55. The van der Waals surface area contributed by atoms with Gasteiger partial charge in [0.1, 0.15) is 10.8 Å². The molecule has 0 amide bonds. The number of benzene rings is 1. The van der Waals surface area contributed by atoms with Gasteiger partial charge in [0.05, 0.1) is 29.4 Å². The molecule has 0 aliphatic carbocycles. The molecule has 3 rings (SSSR count). The predicted molar refractivity (Wildman–Crippen MR) is 93.7 cm³/mol. The summed E-state index contributed by atoms with van der Waals surface area (Å²) in [6.45, 7) is 1.85. The van der Waals surface area contributed by atoms with Gasteiger partial charge in [0, 0.05) is 12.4 Å². The molecule has 0 aliphatic rings. The van der Waals surface area contributed by atoms with Crippen molar-refractivity contribution in [1.82, 2.24) is 19.7 Å². The zero-order valence-corrected chi connectivity index (χ0v) is 13.6. The molecule has 8 heteroatoms. The third kappa shape index (κ3) is 3.31. The molecule has 24 heavy (non-hydrogen) atoms. The minimum atomic E-state index is 0.170. The van der Waals surface area contributed by atoms with Gasteiger partial charge in [0.25, 0.3) is 0 Å². The van der Waals surface area contributed by atoms with E-state index < -0.39 is 0 Å². The fourth-order valence-corrected chi connectivity index (χ4v) is 2.35. The second kappa shape index (κ2) is 7.01. The number of nitrogens with two attached hydrogens (primary N) is 1. The smallest absolute Gasteiger partial charge is 0.173 e. The van der Waals surface area contributed by atoms with Crippen molar-refractivity contribution in [2.45, 2.75) is 6.92 Å². The van der Waals surface area contributed by atoms with Crippen LogP contribution in [0.4, 0.5) is 0 Å². The Morgan fingerprint density at radius 3 is 2.75 bits per heavy atom. The summed E-state index contributed by atoms with van der Waals surface area (Å²) in [5, 5.41) is 12.8. The highest BCUT2D eigenvalue weighted by atomic mass is 35.5. The minimum absolute atomic E-state index is 0.170. The Morgan fingerprint density at radius 1 is 1.25 bits per heavy atom. The number of nitrogens with zero attached hydrogens (tertiary/aromatic N) is 6. The Hall–Kier alpha value is -3.06. The van der Waals surface area contributed by atoms with Gasteiger partial charge in [-0.2, -0.15) is 10.2 Å². The molecule has 0 saturated carbocycles. The van der Waals surface area contributed by atoms with E-state index in [1.807, 2.05) is 37.3 Å². The van der Waals surface area contributed by atoms with Crippen molar-refractivity contribution < 1.29 is 0 Å². The minimum Gasteiger partial charge on any atom is -0.380 e. The number of amidine groups is 1. The van der Waals surface area contributed by atoms with Gasteiger partial charge in [0.2, 0.25) is 0 Å². The van der Waals surface area contributed by atoms with E-state index in [0.717, 1.165) is 11.4 Å². The van der Waals surface area contributed by atoms with E-state index in [2.05, 4.69) is 25.3 Å². The third-order valence-electron chi connectivity index (χ3n) is 3.23. The Kier molecular flexibility index (Phi) is 4.62. The molecule has 0 atom stereocenters. The predicted octanol–water partition coefficient (Wildman–Crippen LogP) is 2.36. The summed E-state index contributed by atoms with van der Waals surface area (Å²) in [6, 6.07) is 9.61. The first kappa shape index (κ1) is 15.8. The normalized spacial score (nSPS) is 12.0. The Labute approximate surface area is 143 Å². The van der Waals surface area contributed by atoms with Crippen LogP contribution in [0.5, 0.6) is 0 Å². The van der Waals surface area contributed by atoms with Gasteiger partial charge in [-0.05, 0) is 19.1 Å². The van der Waals surface area contributed by atoms with Crippen LogP contribution in [-0.2, 0) is 0 Å². The number of halogens is 1. The SMILES string of the molecule is Cc1nn(-c2ccccc2)c(Cl)c1C=NN=C(N)c1cnccn1. The van der Waals surface area contributed by atoms with E-state index >= 15 is 0 Å². The van der Waals surface area contributed by atoms with E-state index in [-0.39, 0.29) is 5.84 Å². The van der Waals surface area contributed by atoms with Crippen molar-refractivity contribution in [1.29, 1.82) is 0 Å². The summed E-state index contributed by atoms with van der Waals surface area (Å²) in [7, 11) is 0. The van der Waals surface area contributed by atoms with Gasteiger partial charge in [-0.15, -0.1) is 5.10 Å². The van der Waals surface area contributed by atoms with Gasteiger partial charge >= 0.3 is 0 Å². The number of hydrogen-bond donors (Lipinski definition) is 1. The summed E-state index contributed by atoms with van der Waals surface area (Å²) in [4.78, 5) is 7.98. The highest BCUT2D eigenvalue weighted by molar-refractivity contribution is 6.32. The highest BCUT2D eigenvalue weighted by Gasteiger charge is 2.12. The van der Waals surface area contributed by atoms with Crippen LogP contribution in [0.1, 0.15) is 17.0 Å². The summed E-state index contributed by atoms with van der Waals surface area (Å²) >= 11 is 6.40. The van der Waals surface area contributed by atoms with Crippen molar-refractivity contribution in [3.05, 3.63) is 71.0 Å². The molecule has 2 N–H and O–H groups in total. The summed E-state index contributed by atoms with van der Waals surface area (Å²) in [5.74, 6) is 0.170. The highest BCUT2D eigenvalue weighted by Crippen LogP contribution is 2.21. The first-order chi connectivity index (χ1) is 11.7. The molecule has 0 fully saturated rings. The maximum Gasteiger partial charge on any atom is 0.173 e. The lowest BCUT2D eigenvalue weighted by atomic mass is 10.3. The maximum atomic E-state index is 6.40. The van der Waals surface area contributed by atoms with Crippen LogP contribution in [0.25, 0.3) is 5.69 Å². The zero-order valence-electron chi connectivity index (χ0n) is 12.8. The molecule has 3 aromatic rings. The Balaban J connectivity index is 1.87. The third-order valence-corrected chi connectivity index (χ3v) is 3.59. The topological polar surface area (TPSA) is 94.3 Å². The fourth-order valence-electron chi connectivity index (χ4n) is 2.03. The molecule has 0 spiro atoms. The van der Waals surface area contributed by atoms with Crippen LogP contribution in [0, 0.1) is 6.92 Å². The lowest BCUT2D eigenvalue weighted by Gasteiger charge is -2.01.